The standard InChI is InChI=1S/C11H12ClN3OS/c12-10-6-13-7-11(15-10)14-8(3-4-16)9-2-1-5-17-9/h1-2,5-8,16H,3-4H2,(H,14,15)/t8-/m1/s1. The molecule has 0 saturated heterocycles. The lowest BCUT2D eigenvalue weighted by molar-refractivity contribution is 0.280. The number of aliphatic hydroxyl groups excluding tert-OH is 1. The predicted octanol–water partition coefficient (Wildman–Crippen LogP) is 2.73. The lowest BCUT2D eigenvalue weighted by Gasteiger charge is -2.16. The largest absolute Gasteiger partial charge is 0.396 e. The van der Waals surface area contributed by atoms with Crippen LogP contribution in [0.1, 0.15) is 17.3 Å². The Balaban J connectivity index is 2.13. The number of halogens is 1. The van der Waals surface area contributed by atoms with E-state index in [0.29, 0.717) is 17.4 Å². The van der Waals surface area contributed by atoms with E-state index in [-0.39, 0.29) is 12.6 Å². The fourth-order valence-corrected chi connectivity index (χ4v) is 2.45. The Morgan fingerprint density at radius 3 is 3.00 bits per heavy atom. The van der Waals surface area contributed by atoms with Crippen molar-refractivity contribution >= 4 is 28.8 Å². The zero-order chi connectivity index (χ0) is 12.1. The summed E-state index contributed by atoms with van der Waals surface area (Å²) < 4.78 is 0. The summed E-state index contributed by atoms with van der Waals surface area (Å²) in [6.07, 6.45) is 3.72. The van der Waals surface area contributed by atoms with Crippen LogP contribution < -0.4 is 5.32 Å². The second-order valence-corrected chi connectivity index (χ2v) is 4.82. The first-order chi connectivity index (χ1) is 8.29. The number of hydrogen-bond acceptors (Lipinski definition) is 5. The first-order valence-electron chi connectivity index (χ1n) is 5.18. The molecular formula is C11H12ClN3OS. The number of nitrogens with zero attached hydrogens (tertiary/aromatic N) is 2. The Hall–Kier alpha value is -1.17. The third-order valence-corrected chi connectivity index (χ3v) is 3.40. The van der Waals surface area contributed by atoms with Gasteiger partial charge in [-0.3, -0.25) is 4.98 Å². The van der Waals surface area contributed by atoms with Gasteiger partial charge < -0.3 is 10.4 Å². The van der Waals surface area contributed by atoms with Crippen molar-refractivity contribution in [3.05, 3.63) is 39.9 Å². The Bertz CT molecular complexity index is 463. The van der Waals surface area contributed by atoms with E-state index in [2.05, 4.69) is 15.3 Å². The topological polar surface area (TPSA) is 58.0 Å². The van der Waals surface area contributed by atoms with Gasteiger partial charge in [0.05, 0.1) is 18.4 Å². The molecule has 0 aliphatic rings. The normalized spacial score (nSPS) is 12.4. The number of hydrogen-bond donors (Lipinski definition) is 2. The monoisotopic (exact) mass is 269 g/mol. The van der Waals surface area contributed by atoms with Gasteiger partial charge in [-0.2, -0.15) is 0 Å². The summed E-state index contributed by atoms with van der Waals surface area (Å²) in [5.41, 5.74) is 0. The first kappa shape index (κ1) is 12.3. The maximum atomic E-state index is 9.07. The Morgan fingerprint density at radius 1 is 1.47 bits per heavy atom. The molecule has 0 unspecified atom stereocenters. The summed E-state index contributed by atoms with van der Waals surface area (Å²) in [5, 5.41) is 14.6. The van der Waals surface area contributed by atoms with E-state index in [1.807, 2.05) is 17.5 Å². The van der Waals surface area contributed by atoms with Crippen molar-refractivity contribution in [3.8, 4) is 0 Å². The zero-order valence-electron chi connectivity index (χ0n) is 9.01. The van der Waals surface area contributed by atoms with Gasteiger partial charge in [-0.1, -0.05) is 17.7 Å². The molecular weight excluding hydrogens is 258 g/mol. The van der Waals surface area contributed by atoms with Crippen LogP contribution >= 0.6 is 22.9 Å². The number of aromatic nitrogens is 2. The molecule has 2 rings (SSSR count). The van der Waals surface area contributed by atoms with E-state index < -0.39 is 0 Å². The minimum Gasteiger partial charge on any atom is -0.396 e. The number of rotatable bonds is 5. The fourth-order valence-electron chi connectivity index (χ4n) is 1.49. The highest BCUT2D eigenvalue weighted by atomic mass is 35.5. The highest BCUT2D eigenvalue weighted by Crippen LogP contribution is 2.25. The first-order valence-corrected chi connectivity index (χ1v) is 6.43. The summed E-state index contributed by atoms with van der Waals surface area (Å²) in [5.74, 6) is 0.615. The van der Waals surface area contributed by atoms with Crippen LogP contribution in [0.3, 0.4) is 0 Å². The molecule has 0 radical (unpaired) electrons. The zero-order valence-corrected chi connectivity index (χ0v) is 10.6. The predicted molar refractivity (Wildman–Crippen MR) is 69.4 cm³/mol. The quantitative estimate of drug-likeness (QED) is 0.876. The summed E-state index contributed by atoms with van der Waals surface area (Å²) in [4.78, 5) is 9.24. The van der Waals surface area contributed by atoms with E-state index in [1.54, 1.807) is 17.5 Å². The molecule has 0 bridgehead atoms. The van der Waals surface area contributed by atoms with Gasteiger partial charge >= 0.3 is 0 Å². The summed E-state index contributed by atoms with van der Waals surface area (Å²) in [6.45, 7) is 0.115. The van der Waals surface area contributed by atoms with Crippen LogP contribution in [-0.4, -0.2) is 21.7 Å². The van der Waals surface area contributed by atoms with Gasteiger partial charge in [-0.15, -0.1) is 11.3 Å². The summed E-state index contributed by atoms with van der Waals surface area (Å²) in [6, 6.07) is 4.04. The number of aliphatic hydroxyl groups is 1. The van der Waals surface area contributed by atoms with Crippen LogP contribution in [0.15, 0.2) is 29.9 Å². The Labute approximate surface area is 108 Å². The number of nitrogens with one attached hydrogen (secondary N) is 1. The van der Waals surface area contributed by atoms with Crippen molar-refractivity contribution in [1.29, 1.82) is 0 Å². The SMILES string of the molecule is OCC[C@@H](Nc1cncc(Cl)n1)c1cccs1. The maximum absolute atomic E-state index is 9.07. The molecule has 90 valence electrons. The van der Waals surface area contributed by atoms with Crippen molar-refractivity contribution < 1.29 is 5.11 Å². The summed E-state index contributed by atoms with van der Waals surface area (Å²) in [7, 11) is 0. The van der Waals surface area contributed by atoms with Crippen molar-refractivity contribution in [3.63, 3.8) is 0 Å². The van der Waals surface area contributed by atoms with E-state index in [9.17, 15) is 0 Å². The van der Waals surface area contributed by atoms with Crippen molar-refractivity contribution in [2.24, 2.45) is 0 Å². The van der Waals surface area contributed by atoms with Gasteiger partial charge in [0.15, 0.2) is 0 Å². The van der Waals surface area contributed by atoms with E-state index in [1.165, 1.54) is 6.20 Å². The minimum absolute atomic E-state index is 0.0350. The van der Waals surface area contributed by atoms with Crippen LogP contribution in [0.5, 0.6) is 0 Å². The highest BCUT2D eigenvalue weighted by molar-refractivity contribution is 7.10. The van der Waals surface area contributed by atoms with Crippen LogP contribution in [0, 0.1) is 0 Å². The van der Waals surface area contributed by atoms with Crippen LogP contribution in [0.4, 0.5) is 5.82 Å². The molecule has 0 aromatic carbocycles. The molecule has 0 aliphatic heterocycles. The molecule has 2 heterocycles. The van der Waals surface area contributed by atoms with Gasteiger partial charge in [-0.05, 0) is 17.9 Å². The smallest absolute Gasteiger partial charge is 0.149 e. The van der Waals surface area contributed by atoms with E-state index in [0.717, 1.165) is 4.88 Å². The van der Waals surface area contributed by atoms with Crippen LogP contribution in [0.25, 0.3) is 0 Å². The van der Waals surface area contributed by atoms with Gasteiger partial charge in [0.2, 0.25) is 0 Å². The molecule has 2 N–H and O–H groups in total. The molecule has 2 aromatic heterocycles. The molecule has 6 heteroatoms. The molecule has 0 spiro atoms. The number of anilines is 1. The van der Waals surface area contributed by atoms with Gasteiger partial charge in [0.25, 0.3) is 0 Å². The number of thiophene rings is 1. The van der Waals surface area contributed by atoms with Gasteiger partial charge in [-0.25, -0.2) is 4.98 Å². The molecule has 4 nitrogen and oxygen atoms in total. The van der Waals surface area contributed by atoms with Crippen LogP contribution in [0.2, 0.25) is 5.15 Å². The minimum atomic E-state index is 0.0350. The molecule has 0 saturated carbocycles. The van der Waals surface area contributed by atoms with Crippen molar-refractivity contribution in [2.45, 2.75) is 12.5 Å². The lowest BCUT2D eigenvalue weighted by atomic mass is 10.2. The Morgan fingerprint density at radius 2 is 2.35 bits per heavy atom. The van der Waals surface area contributed by atoms with Gasteiger partial charge in [0.1, 0.15) is 11.0 Å². The fraction of sp³-hybridized carbons (Fsp3) is 0.273. The molecule has 1 atom stereocenters. The highest BCUT2D eigenvalue weighted by Gasteiger charge is 2.12. The lowest BCUT2D eigenvalue weighted by Crippen LogP contribution is -2.12. The molecule has 17 heavy (non-hydrogen) atoms. The van der Waals surface area contributed by atoms with Crippen molar-refractivity contribution in [2.75, 3.05) is 11.9 Å². The average Bonchev–Trinajstić information content (AvgIpc) is 2.82. The van der Waals surface area contributed by atoms with E-state index >= 15 is 0 Å². The molecule has 2 aromatic rings. The average molecular weight is 270 g/mol. The third kappa shape index (κ3) is 3.39. The van der Waals surface area contributed by atoms with Crippen molar-refractivity contribution in [1.82, 2.24) is 9.97 Å². The van der Waals surface area contributed by atoms with Crippen LogP contribution in [-0.2, 0) is 0 Å². The van der Waals surface area contributed by atoms with Gasteiger partial charge in [0, 0.05) is 11.5 Å². The maximum Gasteiger partial charge on any atom is 0.149 e. The molecule has 0 aliphatic carbocycles. The van der Waals surface area contributed by atoms with E-state index in [4.69, 9.17) is 16.7 Å². The molecule has 0 amide bonds. The summed E-state index contributed by atoms with van der Waals surface area (Å²) >= 11 is 7.41. The molecule has 0 fully saturated rings. The third-order valence-electron chi connectivity index (χ3n) is 2.23. The second kappa shape index (κ2) is 5.95. The Kier molecular flexibility index (Phi) is 4.30. The second-order valence-electron chi connectivity index (χ2n) is 3.45.